The first-order valence-corrected chi connectivity index (χ1v) is 8.26. The Kier molecular flexibility index (Phi) is 4.52. The van der Waals surface area contributed by atoms with Crippen molar-refractivity contribution in [3.8, 4) is 0 Å². The molecule has 0 aromatic heterocycles. The van der Waals surface area contributed by atoms with E-state index < -0.39 is 0 Å². The monoisotopic (exact) mass is 316 g/mol. The number of nitrogens with zero attached hydrogens (tertiary/aromatic N) is 2. The summed E-state index contributed by atoms with van der Waals surface area (Å²) in [6.45, 7) is 4.89. The second-order valence-electron chi connectivity index (χ2n) is 6.42. The number of nitrogens with one attached hydrogen (secondary N) is 1. The van der Waals surface area contributed by atoms with Crippen molar-refractivity contribution in [2.24, 2.45) is 11.7 Å². The van der Waals surface area contributed by atoms with Crippen LogP contribution in [0, 0.1) is 5.92 Å². The first-order valence-electron chi connectivity index (χ1n) is 8.26. The molecule has 2 aliphatic heterocycles. The van der Waals surface area contributed by atoms with E-state index in [1.165, 1.54) is 0 Å². The lowest BCUT2D eigenvalue weighted by Gasteiger charge is -2.33. The third-order valence-electron chi connectivity index (χ3n) is 4.85. The van der Waals surface area contributed by atoms with E-state index in [9.17, 15) is 9.59 Å². The van der Waals surface area contributed by atoms with Gasteiger partial charge in [-0.2, -0.15) is 0 Å². The van der Waals surface area contributed by atoms with Crippen LogP contribution < -0.4 is 16.0 Å². The number of likely N-dealkylation sites (tertiary alicyclic amines) is 1. The van der Waals surface area contributed by atoms with Gasteiger partial charge in [0.05, 0.1) is 0 Å². The number of hydrogen-bond acceptors (Lipinski definition) is 3. The van der Waals surface area contributed by atoms with Crippen LogP contribution >= 0.6 is 0 Å². The van der Waals surface area contributed by atoms with Crippen molar-refractivity contribution in [1.29, 1.82) is 0 Å². The molecule has 0 saturated carbocycles. The minimum Gasteiger partial charge on any atom is -0.339 e. The van der Waals surface area contributed by atoms with Gasteiger partial charge in [0.1, 0.15) is 0 Å². The largest absolute Gasteiger partial charge is 0.339 e. The van der Waals surface area contributed by atoms with Crippen molar-refractivity contribution in [1.82, 2.24) is 10.2 Å². The predicted molar refractivity (Wildman–Crippen MR) is 89.5 cm³/mol. The Labute approximate surface area is 136 Å². The number of piperidine rings is 1. The van der Waals surface area contributed by atoms with Crippen molar-refractivity contribution < 1.29 is 9.59 Å². The average Bonchev–Trinajstić information content (AvgIpc) is 3.00. The van der Waals surface area contributed by atoms with Gasteiger partial charge < -0.3 is 16.0 Å². The standard InChI is InChI=1S/C17H24N4O2/c1-12(18)13-6-9-20(10-7-13)16(22)14-2-4-15(5-3-14)21-11-8-19-17(21)23/h2-5,12-13H,6-11,18H2,1H3,(H,19,23). The molecule has 2 fully saturated rings. The van der Waals surface area contributed by atoms with Crippen LogP contribution in [-0.4, -0.2) is 49.1 Å². The molecule has 0 radical (unpaired) electrons. The summed E-state index contributed by atoms with van der Waals surface area (Å²) in [5.74, 6) is 0.570. The molecule has 2 heterocycles. The lowest BCUT2D eigenvalue weighted by atomic mass is 9.90. The Morgan fingerprint density at radius 3 is 2.39 bits per heavy atom. The first kappa shape index (κ1) is 15.8. The van der Waals surface area contributed by atoms with Crippen molar-refractivity contribution in [3.05, 3.63) is 29.8 Å². The summed E-state index contributed by atoms with van der Waals surface area (Å²) in [5, 5.41) is 2.77. The van der Waals surface area contributed by atoms with Crippen LogP contribution in [-0.2, 0) is 0 Å². The Bertz CT molecular complexity index is 577. The highest BCUT2D eigenvalue weighted by molar-refractivity contribution is 5.97. The van der Waals surface area contributed by atoms with Crippen LogP contribution in [0.1, 0.15) is 30.1 Å². The molecule has 3 N–H and O–H groups in total. The summed E-state index contributed by atoms with van der Waals surface area (Å²) >= 11 is 0. The third kappa shape index (κ3) is 3.32. The Morgan fingerprint density at radius 2 is 1.87 bits per heavy atom. The number of benzene rings is 1. The minimum atomic E-state index is -0.0814. The van der Waals surface area contributed by atoms with Crippen LogP contribution in [0.2, 0.25) is 0 Å². The Morgan fingerprint density at radius 1 is 1.22 bits per heavy atom. The maximum Gasteiger partial charge on any atom is 0.321 e. The van der Waals surface area contributed by atoms with E-state index in [0.717, 1.165) is 31.6 Å². The lowest BCUT2D eigenvalue weighted by Crippen LogP contribution is -2.42. The molecule has 0 aliphatic carbocycles. The zero-order valence-corrected chi connectivity index (χ0v) is 13.5. The Balaban J connectivity index is 1.63. The van der Waals surface area contributed by atoms with Crippen molar-refractivity contribution in [3.63, 3.8) is 0 Å². The van der Waals surface area contributed by atoms with Gasteiger partial charge in [0, 0.05) is 43.5 Å². The minimum absolute atomic E-state index is 0.0607. The highest BCUT2D eigenvalue weighted by atomic mass is 16.2. The summed E-state index contributed by atoms with van der Waals surface area (Å²) in [5.41, 5.74) is 7.45. The molecule has 6 nitrogen and oxygen atoms in total. The lowest BCUT2D eigenvalue weighted by molar-refractivity contribution is 0.0681. The van der Waals surface area contributed by atoms with E-state index in [-0.39, 0.29) is 18.0 Å². The molecule has 124 valence electrons. The molecule has 23 heavy (non-hydrogen) atoms. The number of nitrogens with two attached hydrogens (primary N) is 1. The van der Waals surface area contributed by atoms with E-state index in [4.69, 9.17) is 5.73 Å². The number of carbonyl (C=O) groups is 2. The van der Waals surface area contributed by atoms with Crippen molar-refractivity contribution >= 4 is 17.6 Å². The first-order chi connectivity index (χ1) is 11.1. The van der Waals surface area contributed by atoms with Gasteiger partial charge in [0.15, 0.2) is 0 Å². The Hall–Kier alpha value is -2.08. The van der Waals surface area contributed by atoms with E-state index in [1.54, 1.807) is 17.0 Å². The zero-order valence-electron chi connectivity index (χ0n) is 13.5. The number of rotatable bonds is 3. The highest BCUT2D eigenvalue weighted by Crippen LogP contribution is 2.22. The summed E-state index contributed by atoms with van der Waals surface area (Å²) in [7, 11) is 0. The molecule has 0 bridgehead atoms. The highest BCUT2D eigenvalue weighted by Gasteiger charge is 2.26. The topological polar surface area (TPSA) is 78.7 Å². The summed E-state index contributed by atoms with van der Waals surface area (Å²) < 4.78 is 0. The van der Waals surface area contributed by atoms with Gasteiger partial charge in [-0.1, -0.05) is 0 Å². The molecule has 0 spiro atoms. The molecule has 6 heteroatoms. The van der Waals surface area contributed by atoms with E-state index in [2.05, 4.69) is 5.32 Å². The van der Waals surface area contributed by atoms with Crippen LogP contribution in [0.3, 0.4) is 0 Å². The summed E-state index contributed by atoms with van der Waals surface area (Å²) in [6.07, 6.45) is 1.94. The van der Waals surface area contributed by atoms with E-state index in [0.29, 0.717) is 24.6 Å². The number of carbonyl (C=O) groups excluding carboxylic acids is 2. The number of amides is 3. The fraction of sp³-hybridized carbons (Fsp3) is 0.529. The molecular formula is C17H24N4O2. The molecule has 1 unspecified atom stereocenters. The smallest absolute Gasteiger partial charge is 0.321 e. The third-order valence-corrected chi connectivity index (χ3v) is 4.85. The maximum atomic E-state index is 12.6. The number of anilines is 1. The van der Waals surface area contributed by atoms with Crippen LogP contribution in [0.4, 0.5) is 10.5 Å². The quantitative estimate of drug-likeness (QED) is 0.885. The van der Waals surface area contributed by atoms with E-state index in [1.807, 2.05) is 24.0 Å². The van der Waals surface area contributed by atoms with Crippen LogP contribution in [0.15, 0.2) is 24.3 Å². The van der Waals surface area contributed by atoms with Gasteiger partial charge >= 0.3 is 6.03 Å². The summed E-state index contributed by atoms with van der Waals surface area (Å²) in [6, 6.07) is 7.40. The molecule has 2 aliphatic rings. The van der Waals surface area contributed by atoms with Gasteiger partial charge in [-0.15, -0.1) is 0 Å². The average molecular weight is 316 g/mol. The molecule has 3 rings (SSSR count). The SMILES string of the molecule is CC(N)C1CCN(C(=O)c2ccc(N3CCNC3=O)cc2)CC1. The van der Waals surface area contributed by atoms with Crippen LogP contribution in [0.5, 0.6) is 0 Å². The second-order valence-corrected chi connectivity index (χ2v) is 6.42. The fourth-order valence-electron chi connectivity index (χ4n) is 3.31. The molecule has 3 amide bonds. The van der Waals surface area contributed by atoms with Gasteiger partial charge in [0.25, 0.3) is 5.91 Å². The number of urea groups is 1. The predicted octanol–water partition coefficient (Wildman–Crippen LogP) is 1.42. The normalized spacial score (nSPS) is 20.5. The van der Waals surface area contributed by atoms with Gasteiger partial charge in [0.2, 0.25) is 0 Å². The van der Waals surface area contributed by atoms with Gasteiger partial charge in [-0.3, -0.25) is 9.69 Å². The van der Waals surface area contributed by atoms with Crippen molar-refractivity contribution in [2.45, 2.75) is 25.8 Å². The van der Waals surface area contributed by atoms with Gasteiger partial charge in [-0.05, 0) is 49.9 Å². The molecule has 2 saturated heterocycles. The molecular weight excluding hydrogens is 292 g/mol. The van der Waals surface area contributed by atoms with E-state index >= 15 is 0 Å². The molecule has 1 aromatic carbocycles. The zero-order chi connectivity index (χ0) is 16.4. The number of hydrogen-bond donors (Lipinski definition) is 2. The maximum absolute atomic E-state index is 12.6. The second kappa shape index (κ2) is 6.58. The van der Waals surface area contributed by atoms with Crippen LogP contribution in [0.25, 0.3) is 0 Å². The molecule has 1 aromatic rings. The summed E-state index contributed by atoms with van der Waals surface area (Å²) in [4.78, 5) is 27.8. The fourth-order valence-corrected chi connectivity index (χ4v) is 3.31. The molecule has 1 atom stereocenters. The van der Waals surface area contributed by atoms with Crippen molar-refractivity contribution in [2.75, 3.05) is 31.1 Å². The van der Waals surface area contributed by atoms with Gasteiger partial charge in [-0.25, -0.2) is 4.79 Å².